The first-order valence-corrected chi connectivity index (χ1v) is 8.40. The average Bonchev–Trinajstić information content (AvgIpc) is 2.64. The molecule has 0 aliphatic carbocycles. The standard InChI is InChI=1S/C17H26N4O3/c1-3-20-8-10-21(11-9-20)17(23)14-5-7-18-15(13-14)16(22)19-6-4-12-24-2/h5,7,13H,3-4,6,8-12H2,1-2H3,(H,19,22). The van der Waals surface area contributed by atoms with Crippen molar-refractivity contribution in [1.82, 2.24) is 20.1 Å². The number of likely N-dealkylation sites (N-methyl/N-ethyl adjacent to an activating group) is 1. The highest BCUT2D eigenvalue weighted by atomic mass is 16.5. The number of pyridine rings is 1. The fourth-order valence-electron chi connectivity index (χ4n) is 2.65. The molecule has 2 heterocycles. The fourth-order valence-corrected chi connectivity index (χ4v) is 2.65. The van der Waals surface area contributed by atoms with Crippen LogP contribution < -0.4 is 5.32 Å². The summed E-state index contributed by atoms with van der Waals surface area (Å²) in [6.07, 6.45) is 2.25. The van der Waals surface area contributed by atoms with Crippen molar-refractivity contribution >= 4 is 11.8 Å². The molecule has 7 nitrogen and oxygen atoms in total. The highest BCUT2D eigenvalue weighted by Gasteiger charge is 2.22. The molecule has 24 heavy (non-hydrogen) atoms. The highest BCUT2D eigenvalue weighted by Crippen LogP contribution is 2.09. The SMILES string of the molecule is CCN1CCN(C(=O)c2ccnc(C(=O)NCCCOC)c2)CC1. The first-order valence-electron chi connectivity index (χ1n) is 8.40. The molecule has 1 saturated heterocycles. The van der Waals surface area contributed by atoms with Gasteiger partial charge in [0, 0.05) is 58.2 Å². The molecule has 2 rings (SSSR count). The van der Waals surface area contributed by atoms with Crippen LogP contribution in [0.15, 0.2) is 18.3 Å². The van der Waals surface area contributed by atoms with Crippen LogP contribution in [-0.4, -0.2) is 79.6 Å². The van der Waals surface area contributed by atoms with E-state index in [0.717, 1.165) is 26.1 Å². The lowest BCUT2D eigenvalue weighted by molar-refractivity contribution is 0.0643. The molecule has 1 N–H and O–H groups in total. The van der Waals surface area contributed by atoms with Gasteiger partial charge in [-0.2, -0.15) is 0 Å². The molecule has 1 aliphatic rings. The van der Waals surface area contributed by atoms with Crippen molar-refractivity contribution < 1.29 is 14.3 Å². The Bertz CT molecular complexity index is 557. The molecule has 0 spiro atoms. The Morgan fingerprint density at radius 1 is 1.29 bits per heavy atom. The Morgan fingerprint density at radius 3 is 2.71 bits per heavy atom. The van der Waals surface area contributed by atoms with Gasteiger partial charge in [-0.05, 0) is 25.1 Å². The second-order valence-electron chi connectivity index (χ2n) is 5.76. The molecule has 0 bridgehead atoms. The minimum Gasteiger partial charge on any atom is -0.385 e. The third-order valence-corrected chi connectivity index (χ3v) is 4.16. The van der Waals surface area contributed by atoms with Crippen molar-refractivity contribution in [1.29, 1.82) is 0 Å². The maximum Gasteiger partial charge on any atom is 0.269 e. The lowest BCUT2D eigenvalue weighted by Gasteiger charge is -2.34. The van der Waals surface area contributed by atoms with Gasteiger partial charge in [0.05, 0.1) is 0 Å². The van der Waals surface area contributed by atoms with E-state index in [4.69, 9.17) is 4.74 Å². The molecular formula is C17H26N4O3. The summed E-state index contributed by atoms with van der Waals surface area (Å²) in [6.45, 7) is 7.45. The molecule has 2 amide bonds. The maximum absolute atomic E-state index is 12.6. The highest BCUT2D eigenvalue weighted by molar-refractivity contribution is 5.98. The number of carbonyl (C=O) groups excluding carboxylic acids is 2. The molecule has 0 saturated carbocycles. The number of amides is 2. The zero-order valence-electron chi connectivity index (χ0n) is 14.5. The number of rotatable bonds is 7. The van der Waals surface area contributed by atoms with Crippen LogP contribution in [0.25, 0.3) is 0 Å². The van der Waals surface area contributed by atoms with E-state index in [1.165, 1.54) is 6.20 Å². The lowest BCUT2D eigenvalue weighted by atomic mass is 10.1. The van der Waals surface area contributed by atoms with E-state index < -0.39 is 0 Å². The van der Waals surface area contributed by atoms with Crippen LogP contribution in [0.2, 0.25) is 0 Å². The summed E-state index contributed by atoms with van der Waals surface area (Å²) in [5.74, 6) is -0.307. The summed E-state index contributed by atoms with van der Waals surface area (Å²) in [7, 11) is 1.62. The van der Waals surface area contributed by atoms with E-state index in [0.29, 0.717) is 31.8 Å². The number of carbonyl (C=O) groups is 2. The molecule has 7 heteroatoms. The molecule has 0 aromatic carbocycles. The summed E-state index contributed by atoms with van der Waals surface area (Å²) < 4.78 is 4.94. The zero-order valence-corrected chi connectivity index (χ0v) is 14.5. The van der Waals surface area contributed by atoms with Crippen LogP contribution in [0.1, 0.15) is 34.2 Å². The van der Waals surface area contributed by atoms with Crippen molar-refractivity contribution in [2.45, 2.75) is 13.3 Å². The van der Waals surface area contributed by atoms with Gasteiger partial charge in [0.1, 0.15) is 5.69 Å². The molecular weight excluding hydrogens is 308 g/mol. The van der Waals surface area contributed by atoms with Crippen molar-refractivity contribution in [2.24, 2.45) is 0 Å². The van der Waals surface area contributed by atoms with Gasteiger partial charge in [0.2, 0.25) is 0 Å². The van der Waals surface area contributed by atoms with E-state index in [1.54, 1.807) is 19.2 Å². The normalized spacial score (nSPS) is 15.3. The first-order chi connectivity index (χ1) is 11.7. The van der Waals surface area contributed by atoms with Crippen molar-refractivity contribution in [2.75, 3.05) is 53.0 Å². The predicted molar refractivity (Wildman–Crippen MR) is 91.1 cm³/mol. The van der Waals surface area contributed by atoms with Crippen molar-refractivity contribution in [3.05, 3.63) is 29.6 Å². The minimum atomic E-state index is -0.267. The Kier molecular flexibility index (Phi) is 7.14. The fraction of sp³-hybridized carbons (Fsp3) is 0.588. The molecule has 1 fully saturated rings. The van der Waals surface area contributed by atoms with E-state index >= 15 is 0 Å². The van der Waals surface area contributed by atoms with Crippen LogP contribution in [0.5, 0.6) is 0 Å². The largest absolute Gasteiger partial charge is 0.385 e. The van der Waals surface area contributed by atoms with Gasteiger partial charge < -0.3 is 19.9 Å². The quantitative estimate of drug-likeness (QED) is 0.740. The van der Waals surface area contributed by atoms with E-state index in [9.17, 15) is 9.59 Å². The van der Waals surface area contributed by atoms with Crippen LogP contribution in [0, 0.1) is 0 Å². The van der Waals surface area contributed by atoms with Gasteiger partial charge in [0.15, 0.2) is 0 Å². The van der Waals surface area contributed by atoms with Gasteiger partial charge in [-0.25, -0.2) is 0 Å². The number of hydrogen-bond acceptors (Lipinski definition) is 5. The zero-order chi connectivity index (χ0) is 17.4. The molecule has 1 aromatic rings. The molecule has 0 unspecified atom stereocenters. The summed E-state index contributed by atoms with van der Waals surface area (Å²) in [4.78, 5) is 32.9. The molecule has 1 aliphatic heterocycles. The van der Waals surface area contributed by atoms with E-state index in [2.05, 4.69) is 22.1 Å². The number of ether oxygens (including phenoxy) is 1. The van der Waals surface area contributed by atoms with Gasteiger partial charge >= 0.3 is 0 Å². The third-order valence-electron chi connectivity index (χ3n) is 4.16. The van der Waals surface area contributed by atoms with Crippen LogP contribution in [-0.2, 0) is 4.74 Å². The number of hydrogen-bond donors (Lipinski definition) is 1. The summed E-state index contributed by atoms with van der Waals surface area (Å²) >= 11 is 0. The maximum atomic E-state index is 12.6. The van der Waals surface area contributed by atoms with Crippen molar-refractivity contribution in [3.8, 4) is 0 Å². The molecule has 132 valence electrons. The van der Waals surface area contributed by atoms with Gasteiger partial charge in [-0.15, -0.1) is 0 Å². The van der Waals surface area contributed by atoms with Crippen molar-refractivity contribution in [3.63, 3.8) is 0 Å². The topological polar surface area (TPSA) is 74.8 Å². The minimum absolute atomic E-state index is 0.0402. The summed E-state index contributed by atoms with van der Waals surface area (Å²) in [6, 6.07) is 3.23. The summed E-state index contributed by atoms with van der Waals surface area (Å²) in [5.41, 5.74) is 0.780. The Hall–Kier alpha value is -1.99. The number of piperazine rings is 1. The van der Waals surface area contributed by atoms with Crippen LogP contribution >= 0.6 is 0 Å². The Morgan fingerprint density at radius 2 is 2.04 bits per heavy atom. The Labute approximate surface area is 143 Å². The molecule has 0 radical (unpaired) electrons. The number of methoxy groups -OCH3 is 1. The number of nitrogens with one attached hydrogen (secondary N) is 1. The van der Waals surface area contributed by atoms with E-state index in [1.807, 2.05) is 4.90 Å². The molecule has 1 aromatic heterocycles. The smallest absolute Gasteiger partial charge is 0.269 e. The second kappa shape index (κ2) is 9.34. The monoisotopic (exact) mass is 334 g/mol. The molecule has 0 atom stereocenters. The number of aromatic nitrogens is 1. The summed E-state index contributed by atoms with van der Waals surface area (Å²) in [5, 5.41) is 2.78. The Balaban J connectivity index is 1.94. The number of nitrogens with zero attached hydrogens (tertiary/aromatic N) is 3. The van der Waals surface area contributed by atoms with Gasteiger partial charge in [0.25, 0.3) is 11.8 Å². The first kappa shape index (κ1) is 18.4. The third kappa shape index (κ3) is 5.01. The van der Waals surface area contributed by atoms with Crippen LogP contribution in [0.4, 0.5) is 0 Å². The second-order valence-corrected chi connectivity index (χ2v) is 5.76. The van der Waals surface area contributed by atoms with Crippen LogP contribution in [0.3, 0.4) is 0 Å². The lowest BCUT2D eigenvalue weighted by Crippen LogP contribution is -2.48. The van der Waals surface area contributed by atoms with Gasteiger partial charge in [-0.3, -0.25) is 14.6 Å². The van der Waals surface area contributed by atoms with Gasteiger partial charge in [-0.1, -0.05) is 6.92 Å². The predicted octanol–water partition coefficient (Wildman–Crippen LogP) is 0.626. The van der Waals surface area contributed by atoms with E-state index in [-0.39, 0.29) is 17.5 Å². The average molecular weight is 334 g/mol.